The van der Waals surface area contributed by atoms with Crippen molar-refractivity contribution in [2.24, 2.45) is 4.99 Å². The SMILES string of the molecule is CC1=C(C(=O)O)N2C(=O)[C@@H](N=CC(Cl)(Cl)C(C)Cl)[C@@H]2SC1. The molecule has 2 aliphatic rings. The molecule has 1 saturated heterocycles. The summed E-state index contributed by atoms with van der Waals surface area (Å²) in [5.74, 6) is -0.931. The number of β-lactam (4-membered cyclic amide) rings is 1. The van der Waals surface area contributed by atoms with E-state index < -0.39 is 21.7 Å². The van der Waals surface area contributed by atoms with Crippen molar-refractivity contribution in [1.29, 1.82) is 0 Å². The van der Waals surface area contributed by atoms with Gasteiger partial charge in [-0.15, -0.1) is 23.4 Å². The maximum atomic E-state index is 12.1. The van der Waals surface area contributed by atoms with Crippen LogP contribution < -0.4 is 0 Å². The van der Waals surface area contributed by atoms with Crippen LogP contribution in [0.4, 0.5) is 0 Å². The standard InChI is InChI=1S/C12H13Cl3N2O3S/c1-5-3-21-10-7(16-4-12(14,15)6(2)13)9(18)17(10)8(5)11(19)20/h4,6-7,10H,3H2,1-2H3,(H,19,20)/t6?,7-,10+/m1/s1. The zero-order valence-corrected chi connectivity index (χ0v) is 14.3. The van der Waals surface area contributed by atoms with Crippen LogP contribution in [0.15, 0.2) is 16.3 Å². The van der Waals surface area contributed by atoms with E-state index in [1.54, 1.807) is 13.8 Å². The van der Waals surface area contributed by atoms with E-state index in [-0.39, 0.29) is 17.0 Å². The molecule has 0 aliphatic carbocycles. The first-order valence-corrected chi connectivity index (χ1v) is 8.35. The Morgan fingerprint density at radius 1 is 1.62 bits per heavy atom. The lowest BCUT2D eigenvalue weighted by Crippen LogP contribution is -2.64. The van der Waals surface area contributed by atoms with Gasteiger partial charge in [-0.1, -0.05) is 23.2 Å². The van der Waals surface area contributed by atoms with Gasteiger partial charge in [-0.05, 0) is 19.4 Å². The molecule has 1 unspecified atom stereocenters. The fourth-order valence-electron chi connectivity index (χ4n) is 2.04. The second-order valence-corrected chi connectivity index (χ2v) is 8.06. The van der Waals surface area contributed by atoms with Gasteiger partial charge in [0.25, 0.3) is 5.91 Å². The minimum absolute atomic E-state index is 0.0453. The molecule has 0 aromatic carbocycles. The monoisotopic (exact) mass is 370 g/mol. The zero-order chi connectivity index (χ0) is 15.9. The highest BCUT2D eigenvalue weighted by molar-refractivity contribution is 8.00. The maximum Gasteiger partial charge on any atom is 0.352 e. The Morgan fingerprint density at radius 2 is 2.24 bits per heavy atom. The molecule has 2 heterocycles. The van der Waals surface area contributed by atoms with Gasteiger partial charge in [0.2, 0.25) is 0 Å². The average molecular weight is 372 g/mol. The average Bonchev–Trinajstić information content (AvgIpc) is 2.38. The molecule has 5 nitrogen and oxygen atoms in total. The molecular formula is C12H13Cl3N2O3S. The normalized spacial score (nSPS) is 27.7. The quantitative estimate of drug-likeness (QED) is 0.468. The van der Waals surface area contributed by atoms with E-state index in [0.717, 1.165) is 0 Å². The number of halogens is 3. The van der Waals surface area contributed by atoms with Gasteiger partial charge in [0, 0.05) is 12.0 Å². The maximum absolute atomic E-state index is 12.1. The van der Waals surface area contributed by atoms with E-state index in [1.165, 1.54) is 22.9 Å². The van der Waals surface area contributed by atoms with Gasteiger partial charge in [0.05, 0.1) is 5.38 Å². The van der Waals surface area contributed by atoms with Crippen molar-refractivity contribution in [2.45, 2.75) is 35.0 Å². The molecule has 1 N–H and O–H groups in total. The third-order valence-corrected chi connectivity index (χ3v) is 6.10. The third kappa shape index (κ3) is 3.04. The highest BCUT2D eigenvalue weighted by atomic mass is 35.5. The minimum atomic E-state index is -1.37. The number of carbonyl (C=O) groups excluding carboxylic acids is 1. The number of hydrogen-bond donors (Lipinski definition) is 1. The van der Waals surface area contributed by atoms with E-state index in [9.17, 15) is 14.7 Å². The number of thioether (sulfide) groups is 1. The van der Waals surface area contributed by atoms with Crippen LogP contribution in [0.2, 0.25) is 0 Å². The van der Waals surface area contributed by atoms with E-state index in [2.05, 4.69) is 4.99 Å². The number of rotatable bonds is 4. The Balaban J connectivity index is 2.18. The lowest BCUT2D eigenvalue weighted by atomic mass is 10.0. The molecular weight excluding hydrogens is 359 g/mol. The Kier molecular flexibility index (Phi) is 4.83. The molecule has 9 heteroatoms. The molecule has 0 saturated carbocycles. The van der Waals surface area contributed by atoms with Crippen molar-refractivity contribution in [1.82, 2.24) is 4.90 Å². The van der Waals surface area contributed by atoms with Crippen molar-refractivity contribution in [2.75, 3.05) is 5.75 Å². The van der Waals surface area contributed by atoms with Crippen molar-refractivity contribution >= 4 is 64.7 Å². The van der Waals surface area contributed by atoms with Gasteiger partial charge in [-0.25, -0.2) is 4.79 Å². The van der Waals surface area contributed by atoms with Crippen molar-refractivity contribution < 1.29 is 14.7 Å². The molecule has 21 heavy (non-hydrogen) atoms. The zero-order valence-electron chi connectivity index (χ0n) is 11.2. The van der Waals surface area contributed by atoms with Gasteiger partial charge in [-0.3, -0.25) is 14.7 Å². The molecule has 2 rings (SSSR count). The first-order chi connectivity index (χ1) is 9.66. The van der Waals surface area contributed by atoms with Crippen LogP contribution in [0.3, 0.4) is 0 Å². The molecule has 2 aliphatic heterocycles. The van der Waals surface area contributed by atoms with E-state index >= 15 is 0 Å². The van der Waals surface area contributed by atoms with Gasteiger partial charge >= 0.3 is 5.97 Å². The van der Waals surface area contributed by atoms with Crippen LogP contribution in [0.1, 0.15) is 13.8 Å². The molecule has 1 amide bonds. The number of aliphatic imine (C=N–C) groups is 1. The van der Waals surface area contributed by atoms with Crippen LogP contribution in [-0.4, -0.2) is 55.0 Å². The molecule has 0 aromatic rings. The number of fused-ring (bicyclic) bond motifs is 1. The molecule has 0 bridgehead atoms. The summed E-state index contributed by atoms with van der Waals surface area (Å²) in [6.07, 6.45) is 1.25. The van der Waals surface area contributed by atoms with Crippen LogP contribution >= 0.6 is 46.6 Å². The lowest BCUT2D eigenvalue weighted by molar-refractivity contribution is -0.147. The van der Waals surface area contributed by atoms with Gasteiger partial charge in [-0.2, -0.15) is 0 Å². The van der Waals surface area contributed by atoms with E-state index in [4.69, 9.17) is 34.8 Å². The van der Waals surface area contributed by atoms with E-state index in [1.807, 2.05) is 0 Å². The number of carboxylic acids is 1. The summed E-state index contributed by atoms with van der Waals surface area (Å²) in [6.45, 7) is 3.32. The first kappa shape index (κ1) is 16.9. The molecule has 0 radical (unpaired) electrons. The highest BCUT2D eigenvalue weighted by Crippen LogP contribution is 2.41. The fourth-order valence-corrected chi connectivity index (χ4v) is 3.50. The van der Waals surface area contributed by atoms with Crippen molar-refractivity contribution in [3.8, 4) is 0 Å². The van der Waals surface area contributed by atoms with Gasteiger partial charge < -0.3 is 5.11 Å². The van der Waals surface area contributed by atoms with Crippen LogP contribution in [0.25, 0.3) is 0 Å². The minimum Gasteiger partial charge on any atom is -0.477 e. The topological polar surface area (TPSA) is 70.0 Å². The Labute approximate surface area is 141 Å². The Bertz CT molecular complexity index is 548. The van der Waals surface area contributed by atoms with Gasteiger partial charge in [0.1, 0.15) is 11.1 Å². The van der Waals surface area contributed by atoms with Crippen LogP contribution in [-0.2, 0) is 9.59 Å². The van der Waals surface area contributed by atoms with Crippen LogP contribution in [0.5, 0.6) is 0 Å². The summed E-state index contributed by atoms with van der Waals surface area (Å²) >= 11 is 19.2. The third-order valence-electron chi connectivity index (χ3n) is 3.27. The summed E-state index contributed by atoms with van der Waals surface area (Å²) in [6, 6.07) is -0.676. The summed E-state index contributed by atoms with van der Waals surface area (Å²) in [5.41, 5.74) is 0.710. The number of hydrogen-bond acceptors (Lipinski definition) is 4. The summed E-state index contributed by atoms with van der Waals surface area (Å²) < 4.78 is -1.37. The largest absolute Gasteiger partial charge is 0.477 e. The number of nitrogens with zero attached hydrogens (tertiary/aromatic N) is 2. The lowest BCUT2D eigenvalue weighted by Gasteiger charge is -2.47. The number of alkyl halides is 3. The second-order valence-electron chi connectivity index (χ2n) is 4.86. The summed E-state index contributed by atoms with van der Waals surface area (Å²) in [7, 11) is 0. The number of carbonyl (C=O) groups is 2. The molecule has 0 aromatic heterocycles. The Morgan fingerprint density at radius 3 is 2.76 bits per heavy atom. The molecule has 3 atom stereocenters. The number of aliphatic carboxylic acids is 1. The number of amides is 1. The smallest absolute Gasteiger partial charge is 0.352 e. The Hall–Kier alpha value is -0.430. The van der Waals surface area contributed by atoms with Crippen molar-refractivity contribution in [3.05, 3.63) is 11.3 Å². The van der Waals surface area contributed by atoms with Gasteiger partial charge in [0.15, 0.2) is 10.4 Å². The highest BCUT2D eigenvalue weighted by Gasteiger charge is 2.53. The molecule has 0 spiro atoms. The second kappa shape index (κ2) is 5.99. The molecule has 1 fully saturated rings. The predicted octanol–water partition coefficient (Wildman–Crippen LogP) is 2.50. The van der Waals surface area contributed by atoms with Crippen LogP contribution in [0, 0.1) is 0 Å². The summed E-state index contributed by atoms with van der Waals surface area (Å²) in [5, 5.41) is 8.30. The number of carboxylic acid groups (broad SMARTS) is 1. The summed E-state index contributed by atoms with van der Waals surface area (Å²) in [4.78, 5) is 28.8. The van der Waals surface area contributed by atoms with Crippen molar-refractivity contribution in [3.63, 3.8) is 0 Å². The first-order valence-electron chi connectivity index (χ1n) is 6.10. The molecule has 116 valence electrons. The fraction of sp³-hybridized carbons (Fsp3) is 0.583. The predicted molar refractivity (Wildman–Crippen MR) is 85.5 cm³/mol. The van der Waals surface area contributed by atoms with E-state index in [0.29, 0.717) is 11.3 Å².